The molecule has 1 aromatic carbocycles. The van der Waals surface area contributed by atoms with Gasteiger partial charge in [-0.25, -0.2) is 0 Å². The number of likely N-dealkylation sites (tertiary alicyclic amines) is 1. The fraction of sp³-hybridized carbons (Fsp3) is 0.647. The van der Waals surface area contributed by atoms with Crippen molar-refractivity contribution < 1.29 is 0 Å². The molecule has 0 amide bonds. The van der Waals surface area contributed by atoms with E-state index < -0.39 is 0 Å². The van der Waals surface area contributed by atoms with Gasteiger partial charge in [-0.2, -0.15) is 0 Å². The highest BCUT2D eigenvalue weighted by atomic mass is 35.5. The number of nitrogens with zero attached hydrogens (tertiary/aromatic N) is 2. The van der Waals surface area contributed by atoms with Gasteiger partial charge in [0.15, 0.2) is 0 Å². The zero-order valence-electron chi connectivity index (χ0n) is 13.1. The molecule has 0 atom stereocenters. The Labute approximate surface area is 133 Å². The summed E-state index contributed by atoms with van der Waals surface area (Å²) in [6, 6.07) is 7.68. The zero-order valence-corrected chi connectivity index (χ0v) is 13.9. The van der Waals surface area contributed by atoms with Crippen molar-refractivity contribution in [3.63, 3.8) is 0 Å². The van der Waals surface area contributed by atoms with Crippen molar-refractivity contribution in [2.75, 3.05) is 32.1 Å². The smallest absolute Gasteiger partial charge is 0.0426 e. The molecule has 0 radical (unpaired) electrons. The standard InChI is InChI=1S/C17H26ClN3/c1-20-9-7-16(8-10-20)21(2)17-11-14(18)4-3-13(17)12-19-15-5-6-15/h3-4,11,15-16,19H,5-10,12H2,1-2H3. The molecule has 4 heteroatoms. The lowest BCUT2D eigenvalue weighted by atomic mass is 10.0. The van der Waals surface area contributed by atoms with Gasteiger partial charge >= 0.3 is 0 Å². The molecule has 2 aliphatic rings. The third-order valence-electron chi connectivity index (χ3n) is 4.82. The SMILES string of the molecule is CN1CCC(N(C)c2cc(Cl)ccc2CNC2CC2)CC1. The fourth-order valence-electron chi connectivity index (χ4n) is 3.14. The van der Waals surface area contributed by atoms with E-state index in [0.29, 0.717) is 6.04 Å². The Morgan fingerprint density at radius 3 is 2.62 bits per heavy atom. The van der Waals surface area contributed by atoms with Crippen molar-refractivity contribution in [1.29, 1.82) is 0 Å². The topological polar surface area (TPSA) is 18.5 Å². The predicted molar refractivity (Wildman–Crippen MR) is 90.2 cm³/mol. The molecule has 0 aromatic heterocycles. The normalized spacial score (nSPS) is 20.7. The van der Waals surface area contributed by atoms with Gasteiger partial charge in [-0.05, 0) is 63.5 Å². The molecule has 21 heavy (non-hydrogen) atoms. The van der Waals surface area contributed by atoms with Gasteiger partial charge < -0.3 is 15.1 Å². The van der Waals surface area contributed by atoms with Gasteiger partial charge in [0, 0.05) is 36.4 Å². The van der Waals surface area contributed by atoms with Crippen LogP contribution in [0.15, 0.2) is 18.2 Å². The Kier molecular flexibility index (Phi) is 4.72. The van der Waals surface area contributed by atoms with E-state index in [9.17, 15) is 0 Å². The number of rotatable bonds is 5. The quantitative estimate of drug-likeness (QED) is 0.901. The first-order valence-corrected chi connectivity index (χ1v) is 8.44. The van der Waals surface area contributed by atoms with Gasteiger partial charge in [-0.3, -0.25) is 0 Å². The van der Waals surface area contributed by atoms with Crippen molar-refractivity contribution in [3.05, 3.63) is 28.8 Å². The number of hydrogen-bond donors (Lipinski definition) is 1. The van der Waals surface area contributed by atoms with Crippen LogP contribution in [0.3, 0.4) is 0 Å². The van der Waals surface area contributed by atoms with Gasteiger partial charge in [-0.15, -0.1) is 0 Å². The number of hydrogen-bond acceptors (Lipinski definition) is 3. The maximum Gasteiger partial charge on any atom is 0.0426 e. The Morgan fingerprint density at radius 2 is 1.95 bits per heavy atom. The molecular weight excluding hydrogens is 282 g/mol. The molecule has 3 nitrogen and oxygen atoms in total. The number of benzene rings is 1. The monoisotopic (exact) mass is 307 g/mol. The molecule has 1 aromatic rings. The van der Waals surface area contributed by atoms with Gasteiger partial charge in [0.25, 0.3) is 0 Å². The average molecular weight is 308 g/mol. The van der Waals surface area contributed by atoms with Crippen LogP contribution in [0.4, 0.5) is 5.69 Å². The second kappa shape index (κ2) is 6.55. The van der Waals surface area contributed by atoms with E-state index in [2.05, 4.69) is 41.3 Å². The highest BCUT2D eigenvalue weighted by molar-refractivity contribution is 6.30. The minimum absolute atomic E-state index is 0.624. The number of nitrogens with one attached hydrogen (secondary N) is 1. The van der Waals surface area contributed by atoms with Crippen molar-refractivity contribution in [2.24, 2.45) is 0 Å². The van der Waals surface area contributed by atoms with E-state index >= 15 is 0 Å². The lowest BCUT2D eigenvalue weighted by molar-refractivity contribution is 0.252. The van der Waals surface area contributed by atoms with E-state index in [1.54, 1.807) is 0 Å². The molecule has 0 unspecified atom stereocenters. The van der Waals surface area contributed by atoms with Crippen molar-refractivity contribution >= 4 is 17.3 Å². The largest absolute Gasteiger partial charge is 0.371 e. The Balaban J connectivity index is 1.73. The molecule has 116 valence electrons. The molecule has 3 rings (SSSR count). The highest BCUT2D eigenvalue weighted by Crippen LogP contribution is 2.29. The van der Waals surface area contributed by atoms with Crippen LogP contribution in [-0.4, -0.2) is 44.2 Å². The molecule has 0 bridgehead atoms. The minimum Gasteiger partial charge on any atom is -0.371 e. The Bertz CT molecular complexity index is 479. The fourth-order valence-corrected chi connectivity index (χ4v) is 3.30. The molecule has 1 saturated carbocycles. The summed E-state index contributed by atoms with van der Waals surface area (Å²) < 4.78 is 0. The lowest BCUT2D eigenvalue weighted by Crippen LogP contribution is -2.42. The van der Waals surface area contributed by atoms with Gasteiger partial charge in [0.05, 0.1) is 0 Å². The van der Waals surface area contributed by atoms with Crippen LogP contribution >= 0.6 is 11.6 Å². The van der Waals surface area contributed by atoms with Crippen LogP contribution in [0.2, 0.25) is 5.02 Å². The van der Waals surface area contributed by atoms with Crippen LogP contribution < -0.4 is 10.2 Å². The summed E-state index contributed by atoms with van der Waals surface area (Å²) in [7, 11) is 4.43. The third kappa shape index (κ3) is 3.91. The van der Waals surface area contributed by atoms with Crippen LogP contribution in [0.25, 0.3) is 0 Å². The summed E-state index contributed by atoms with van der Waals surface area (Å²) in [6.45, 7) is 3.32. The predicted octanol–water partition coefficient (Wildman–Crippen LogP) is 3.12. The van der Waals surface area contributed by atoms with E-state index in [1.807, 2.05) is 6.07 Å². The first-order chi connectivity index (χ1) is 10.1. The average Bonchev–Trinajstić information content (AvgIpc) is 3.30. The van der Waals surface area contributed by atoms with Crippen molar-refractivity contribution in [2.45, 2.75) is 44.3 Å². The highest BCUT2D eigenvalue weighted by Gasteiger charge is 2.24. The zero-order chi connectivity index (χ0) is 14.8. The number of anilines is 1. The molecule has 0 spiro atoms. The van der Waals surface area contributed by atoms with Gasteiger partial charge in [0.2, 0.25) is 0 Å². The second-order valence-electron chi connectivity index (χ2n) is 6.57. The van der Waals surface area contributed by atoms with E-state index in [-0.39, 0.29) is 0 Å². The molecule has 1 heterocycles. The van der Waals surface area contributed by atoms with Gasteiger partial charge in [0.1, 0.15) is 0 Å². The maximum absolute atomic E-state index is 6.24. The summed E-state index contributed by atoms with van der Waals surface area (Å²) in [4.78, 5) is 4.86. The summed E-state index contributed by atoms with van der Waals surface area (Å²) in [5.41, 5.74) is 2.66. The summed E-state index contributed by atoms with van der Waals surface area (Å²) in [5, 5.41) is 4.45. The van der Waals surface area contributed by atoms with E-state index in [0.717, 1.165) is 17.6 Å². The van der Waals surface area contributed by atoms with Crippen LogP contribution in [-0.2, 0) is 6.54 Å². The van der Waals surface area contributed by atoms with Crippen molar-refractivity contribution in [1.82, 2.24) is 10.2 Å². The Morgan fingerprint density at radius 1 is 1.24 bits per heavy atom. The molecule has 2 fully saturated rings. The maximum atomic E-state index is 6.24. The van der Waals surface area contributed by atoms with Crippen LogP contribution in [0, 0.1) is 0 Å². The van der Waals surface area contributed by atoms with Crippen LogP contribution in [0.1, 0.15) is 31.2 Å². The lowest BCUT2D eigenvalue weighted by Gasteiger charge is -2.37. The van der Waals surface area contributed by atoms with E-state index in [4.69, 9.17) is 11.6 Å². The first kappa shape index (κ1) is 15.1. The van der Waals surface area contributed by atoms with Crippen molar-refractivity contribution in [3.8, 4) is 0 Å². The summed E-state index contributed by atoms with van der Waals surface area (Å²) >= 11 is 6.24. The van der Waals surface area contributed by atoms with E-state index in [1.165, 1.54) is 50.0 Å². The second-order valence-corrected chi connectivity index (χ2v) is 7.01. The first-order valence-electron chi connectivity index (χ1n) is 8.06. The third-order valence-corrected chi connectivity index (χ3v) is 5.06. The Hall–Kier alpha value is -0.770. The summed E-state index contributed by atoms with van der Waals surface area (Å²) in [5.74, 6) is 0. The summed E-state index contributed by atoms with van der Waals surface area (Å²) in [6.07, 6.45) is 5.12. The van der Waals surface area contributed by atoms with Crippen LogP contribution in [0.5, 0.6) is 0 Å². The molecule has 1 N–H and O–H groups in total. The molecule has 1 saturated heterocycles. The molecule has 1 aliphatic carbocycles. The number of halogens is 1. The van der Waals surface area contributed by atoms with Gasteiger partial charge in [-0.1, -0.05) is 17.7 Å². The minimum atomic E-state index is 0.624. The molecular formula is C17H26ClN3. The number of piperidine rings is 1. The molecule has 1 aliphatic heterocycles.